The van der Waals surface area contributed by atoms with Crippen LogP contribution in [0.25, 0.3) is 11.3 Å². The number of terminal acetylenes is 1. The summed E-state index contributed by atoms with van der Waals surface area (Å²) in [6.45, 7) is -0.0205. The second-order valence-corrected chi connectivity index (χ2v) is 4.23. The summed E-state index contributed by atoms with van der Waals surface area (Å²) in [7, 11) is 1.52. The summed E-state index contributed by atoms with van der Waals surface area (Å²) in [6.07, 6.45) is 5.28. The number of nitrogens with zero attached hydrogens (tertiary/aromatic N) is 1. The Morgan fingerprint density at radius 3 is 2.67 bits per heavy atom. The SMILES string of the molecule is C#CCn1c(-c2ccccc2OC)ccc(C(=O)O)c1=O. The number of pyridine rings is 1. The van der Waals surface area contributed by atoms with Gasteiger partial charge in [0.05, 0.1) is 19.3 Å². The van der Waals surface area contributed by atoms with Gasteiger partial charge in [-0.3, -0.25) is 9.36 Å². The normalized spacial score (nSPS) is 9.90. The van der Waals surface area contributed by atoms with Gasteiger partial charge in [0.2, 0.25) is 0 Å². The first-order valence-electron chi connectivity index (χ1n) is 6.14. The Labute approximate surface area is 121 Å². The summed E-state index contributed by atoms with van der Waals surface area (Å²) in [5.41, 5.74) is 0.234. The molecule has 0 aliphatic rings. The Balaban J connectivity index is 2.75. The van der Waals surface area contributed by atoms with Crippen LogP contribution in [-0.4, -0.2) is 22.8 Å². The van der Waals surface area contributed by atoms with Gasteiger partial charge in [-0.25, -0.2) is 4.79 Å². The Morgan fingerprint density at radius 2 is 2.05 bits per heavy atom. The van der Waals surface area contributed by atoms with E-state index in [1.165, 1.54) is 17.7 Å². The van der Waals surface area contributed by atoms with E-state index in [0.717, 1.165) is 0 Å². The van der Waals surface area contributed by atoms with Crippen molar-refractivity contribution in [3.63, 3.8) is 0 Å². The van der Waals surface area contributed by atoms with E-state index < -0.39 is 11.5 Å². The predicted molar refractivity (Wildman–Crippen MR) is 78.5 cm³/mol. The van der Waals surface area contributed by atoms with Crippen LogP contribution in [-0.2, 0) is 6.54 Å². The number of benzene rings is 1. The Hall–Kier alpha value is -3.00. The molecule has 0 unspecified atom stereocenters. The summed E-state index contributed by atoms with van der Waals surface area (Å²) < 4.78 is 6.52. The second-order valence-electron chi connectivity index (χ2n) is 4.23. The smallest absolute Gasteiger partial charge is 0.341 e. The molecule has 0 aliphatic heterocycles. The van der Waals surface area contributed by atoms with Crippen LogP contribution in [0, 0.1) is 12.3 Å². The Kier molecular flexibility index (Phi) is 4.10. The number of carboxylic acids is 1. The highest BCUT2D eigenvalue weighted by Crippen LogP contribution is 2.28. The van der Waals surface area contributed by atoms with Crippen LogP contribution in [0.15, 0.2) is 41.2 Å². The maximum atomic E-state index is 12.2. The van der Waals surface area contributed by atoms with Gasteiger partial charge in [-0.2, -0.15) is 0 Å². The largest absolute Gasteiger partial charge is 0.496 e. The molecule has 0 radical (unpaired) electrons. The van der Waals surface area contributed by atoms with E-state index in [0.29, 0.717) is 17.0 Å². The third kappa shape index (κ3) is 2.65. The molecule has 2 aromatic rings. The molecule has 0 saturated heterocycles. The number of para-hydroxylation sites is 1. The lowest BCUT2D eigenvalue weighted by Crippen LogP contribution is -2.27. The molecule has 1 aromatic carbocycles. The number of carbonyl (C=O) groups is 1. The number of carboxylic acid groups (broad SMARTS) is 1. The van der Waals surface area contributed by atoms with E-state index in [9.17, 15) is 9.59 Å². The topological polar surface area (TPSA) is 68.5 Å². The van der Waals surface area contributed by atoms with Gasteiger partial charge < -0.3 is 9.84 Å². The summed E-state index contributed by atoms with van der Waals surface area (Å²) >= 11 is 0. The fourth-order valence-electron chi connectivity index (χ4n) is 2.08. The summed E-state index contributed by atoms with van der Waals surface area (Å²) in [6, 6.07) is 9.97. The van der Waals surface area contributed by atoms with Crippen LogP contribution in [0.1, 0.15) is 10.4 Å². The van der Waals surface area contributed by atoms with Gasteiger partial charge in [0.15, 0.2) is 0 Å². The summed E-state index contributed by atoms with van der Waals surface area (Å²) in [5, 5.41) is 9.03. The van der Waals surface area contributed by atoms with Gasteiger partial charge in [0.1, 0.15) is 11.3 Å². The second kappa shape index (κ2) is 5.97. The molecule has 2 rings (SSSR count). The van der Waals surface area contributed by atoms with Crippen molar-refractivity contribution in [3.8, 4) is 29.4 Å². The van der Waals surface area contributed by atoms with Crippen LogP contribution >= 0.6 is 0 Å². The standard InChI is InChI=1S/C16H13NO4/c1-3-10-17-13(9-8-12(15(17)18)16(19)20)11-6-4-5-7-14(11)21-2/h1,4-9H,10H2,2H3,(H,19,20). The van der Waals surface area contributed by atoms with Gasteiger partial charge in [0, 0.05) is 5.56 Å². The first kappa shape index (κ1) is 14.4. The van der Waals surface area contributed by atoms with Gasteiger partial charge in [0.25, 0.3) is 5.56 Å². The van der Waals surface area contributed by atoms with Crippen molar-refractivity contribution < 1.29 is 14.6 Å². The fraction of sp³-hybridized carbons (Fsp3) is 0.125. The highest BCUT2D eigenvalue weighted by Gasteiger charge is 2.16. The zero-order valence-electron chi connectivity index (χ0n) is 11.4. The van der Waals surface area contributed by atoms with Crippen molar-refractivity contribution in [2.45, 2.75) is 6.54 Å². The predicted octanol–water partition coefficient (Wildman–Crippen LogP) is 1.86. The lowest BCUT2D eigenvalue weighted by molar-refractivity contribution is 0.0694. The molecule has 1 heterocycles. The molecule has 0 spiro atoms. The van der Waals surface area contributed by atoms with Crippen molar-refractivity contribution >= 4 is 5.97 Å². The van der Waals surface area contributed by atoms with Crippen molar-refractivity contribution in [2.75, 3.05) is 7.11 Å². The molecule has 1 aromatic heterocycles. The summed E-state index contributed by atoms with van der Waals surface area (Å²) in [5.74, 6) is 1.66. The molecule has 0 bridgehead atoms. The molecule has 21 heavy (non-hydrogen) atoms. The molecule has 0 saturated carbocycles. The van der Waals surface area contributed by atoms with Gasteiger partial charge >= 0.3 is 5.97 Å². The summed E-state index contributed by atoms with van der Waals surface area (Å²) in [4.78, 5) is 23.3. The monoisotopic (exact) mass is 283 g/mol. The molecule has 1 N–H and O–H groups in total. The van der Waals surface area contributed by atoms with Crippen LogP contribution in [0.5, 0.6) is 5.75 Å². The zero-order valence-corrected chi connectivity index (χ0v) is 11.4. The number of rotatable bonds is 4. The lowest BCUT2D eigenvalue weighted by atomic mass is 10.1. The van der Waals surface area contributed by atoms with Gasteiger partial charge in [-0.05, 0) is 24.3 Å². The third-order valence-electron chi connectivity index (χ3n) is 3.04. The zero-order chi connectivity index (χ0) is 15.4. The van der Waals surface area contributed by atoms with Gasteiger partial charge in [-0.1, -0.05) is 18.1 Å². The molecule has 0 amide bonds. The first-order valence-corrected chi connectivity index (χ1v) is 6.14. The minimum atomic E-state index is -1.28. The van der Waals surface area contributed by atoms with Crippen molar-refractivity contribution in [2.24, 2.45) is 0 Å². The average Bonchev–Trinajstić information content (AvgIpc) is 2.49. The van der Waals surface area contributed by atoms with Crippen LogP contribution < -0.4 is 10.3 Å². The molecular formula is C16H13NO4. The average molecular weight is 283 g/mol. The minimum Gasteiger partial charge on any atom is -0.496 e. The molecule has 0 aliphatic carbocycles. The van der Waals surface area contributed by atoms with E-state index >= 15 is 0 Å². The Morgan fingerprint density at radius 1 is 1.33 bits per heavy atom. The van der Waals surface area contributed by atoms with Crippen molar-refractivity contribution in [3.05, 3.63) is 52.3 Å². The van der Waals surface area contributed by atoms with E-state index in [4.69, 9.17) is 16.3 Å². The number of ether oxygens (including phenoxy) is 1. The van der Waals surface area contributed by atoms with Gasteiger partial charge in [-0.15, -0.1) is 6.42 Å². The van der Waals surface area contributed by atoms with Crippen LogP contribution in [0.4, 0.5) is 0 Å². The molecule has 5 nitrogen and oxygen atoms in total. The van der Waals surface area contributed by atoms with E-state index in [-0.39, 0.29) is 12.1 Å². The number of hydrogen-bond acceptors (Lipinski definition) is 3. The molecule has 0 fully saturated rings. The lowest BCUT2D eigenvalue weighted by Gasteiger charge is -2.14. The maximum absolute atomic E-state index is 12.2. The maximum Gasteiger partial charge on any atom is 0.341 e. The molecule has 5 heteroatoms. The fourth-order valence-corrected chi connectivity index (χ4v) is 2.08. The van der Waals surface area contributed by atoms with E-state index in [2.05, 4.69) is 5.92 Å². The van der Waals surface area contributed by atoms with Crippen LogP contribution in [0.3, 0.4) is 0 Å². The first-order chi connectivity index (χ1) is 10.1. The van der Waals surface area contributed by atoms with Crippen molar-refractivity contribution in [1.29, 1.82) is 0 Å². The number of hydrogen-bond donors (Lipinski definition) is 1. The minimum absolute atomic E-state index is 0.0205. The number of methoxy groups -OCH3 is 1. The Bertz CT molecular complexity index is 784. The highest BCUT2D eigenvalue weighted by molar-refractivity contribution is 5.87. The van der Waals surface area contributed by atoms with Crippen molar-refractivity contribution in [1.82, 2.24) is 4.57 Å². The van der Waals surface area contributed by atoms with E-state index in [1.54, 1.807) is 30.3 Å². The number of aromatic nitrogens is 1. The quantitative estimate of drug-likeness (QED) is 0.870. The highest BCUT2D eigenvalue weighted by atomic mass is 16.5. The third-order valence-corrected chi connectivity index (χ3v) is 3.04. The molecule has 0 atom stereocenters. The van der Waals surface area contributed by atoms with E-state index in [1.807, 2.05) is 0 Å². The molecule has 106 valence electrons. The number of aromatic carboxylic acids is 1. The van der Waals surface area contributed by atoms with Crippen LogP contribution in [0.2, 0.25) is 0 Å². The molecular weight excluding hydrogens is 270 g/mol.